The van der Waals surface area contributed by atoms with E-state index in [1.54, 1.807) is 23.3 Å². The number of hydrogen-bond acceptors (Lipinski definition) is 7. The molecule has 0 amide bonds. The van der Waals surface area contributed by atoms with Crippen molar-refractivity contribution in [2.75, 3.05) is 24.8 Å². The van der Waals surface area contributed by atoms with Crippen molar-refractivity contribution in [2.24, 2.45) is 7.05 Å². The van der Waals surface area contributed by atoms with Gasteiger partial charge in [0.25, 0.3) is 5.56 Å². The molecule has 0 fully saturated rings. The van der Waals surface area contributed by atoms with Gasteiger partial charge in [-0.3, -0.25) is 9.36 Å². The Morgan fingerprint density at radius 1 is 1.19 bits per heavy atom. The Kier molecular flexibility index (Phi) is 3.52. The Morgan fingerprint density at radius 3 is 2.62 bits per heavy atom. The minimum atomic E-state index is -0.176. The molecule has 0 aliphatic heterocycles. The van der Waals surface area contributed by atoms with Gasteiger partial charge in [0.15, 0.2) is 5.65 Å². The van der Waals surface area contributed by atoms with Crippen molar-refractivity contribution < 1.29 is 0 Å². The molecule has 0 radical (unpaired) electrons. The number of benzene rings is 1. The summed E-state index contributed by atoms with van der Waals surface area (Å²) in [6.07, 6.45) is 0. The van der Waals surface area contributed by atoms with Crippen LogP contribution in [0.15, 0.2) is 16.9 Å². The smallest absolute Gasteiger partial charge is 0.266 e. The van der Waals surface area contributed by atoms with Gasteiger partial charge in [-0.1, -0.05) is 6.07 Å². The second-order valence-corrected chi connectivity index (χ2v) is 7.68. The summed E-state index contributed by atoms with van der Waals surface area (Å²) >= 11 is 1.63. The van der Waals surface area contributed by atoms with Gasteiger partial charge in [0, 0.05) is 26.7 Å². The van der Waals surface area contributed by atoms with Crippen LogP contribution in [-0.4, -0.2) is 38.5 Å². The van der Waals surface area contributed by atoms with Gasteiger partial charge < -0.3 is 10.7 Å². The third-order valence-electron chi connectivity index (χ3n) is 4.48. The van der Waals surface area contributed by atoms with Crippen LogP contribution < -0.4 is 16.3 Å². The van der Waals surface area contributed by atoms with Crippen LogP contribution in [0, 0.1) is 13.8 Å². The van der Waals surface area contributed by atoms with Crippen molar-refractivity contribution in [3.63, 3.8) is 0 Å². The molecule has 0 spiro atoms. The Bertz CT molecular complexity index is 1230. The van der Waals surface area contributed by atoms with E-state index in [9.17, 15) is 4.79 Å². The summed E-state index contributed by atoms with van der Waals surface area (Å²) in [4.78, 5) is 25.0. The van der Waals surface area contributed by atoms with E-state index in [2.05, 4.69) is 15.1 Å². The fourth-order valence-corrected chi connectivity index (χ4v) is 4.16. The van der Waals surface area contributed by atoms with E-state index in [1.165, 1.54) is 9.36 Å². The molecule has 4 aromatic rings. The first-order valence-electron chi connectivity index (χ1n) is 8.09. The zero-order valence-corrected chi connectivity index (χ0v) is 16.0. The number of aromatic nitrogens is 5. The number of aryl methyl sites for hydroxylation is 2. The highest BCUT2D eigenvalue weighted by atomic mass is 32.1. The number of anilines is 1. The molecule has 0 unspecified atom stereocenters. The van der Waals surface area contributed by atoms with E-state index >= 15 is 0 Å². The van der Waals surface area contributed by atoms with E-state index in [0.29, 0.717) is 22.7 Å². The van der Waals surface area contributed by atoms with Crippen LogP contribution >= 0.6 is 11.3 Å². The number of nitrogen functional groups attached to an aromatic ring is 1. The SMILES string of the molecule is Cc1nc2ccc(-c3nn(N)c4nc(N(C)C)n(C)c(=O)c34)c(C)c2s1. The molecule has 26 heavy (non-hydrogen) atoms. The van der Waals surface area contributed by atoms with E-state index in [4.69, 9.17) is 5.84 Å². The zero-order valence-electron chi connectivity index (χ0n) is 15.2. The van der Waals surface area contributed by atoms with Crippen molar-refractivity contribution in [3.8, 4) is 11.3 Å². The first-order chi connectivity index (χ1) is 12.3. The van der Waals surface area contributed by atoms with E-state index in [0.717, 1.165) is 26.4 Å². The topological polar surface area (TPSA) is 94.9 Å². The summed E-state index contributed by atoms with van der Waals surface area (Å²) in [5.74, 6) is 6.56. The van der Waals surface area contributed by atoms with E-state index < -0.39 is 0 Å². The average Bonchev–Trinajstić information content (AvgIpc) is 3.11. The van der Waals surface area contributed by atoms with Gasteiger partial charge in [-0.15, -0.1) is 16.4 Å². The molecule has 4 rings (SSSR count). The summed E-state index contributed by atoms with van der Waals surface area (Å²) < 4.78 is 2.60. The number of thiazole rings is 1. The number of rotatable bonds is 2. The van der Waals surface area contributed by atoms with Crippen LogP contribution in [-0.2, 0) is 7.05 Å². The summed E-state index contributed by atoms with van der Waals surface area (Å²) in [7, 11) is 5.36. The summed E-state index contributed by atoms with van der Waals surface area (Å²) in [6.45, 7) is 4.00. The minimum absolute atomic E-state index is 0.176. The number of fused-ring (bicyclic) bond motifs is 2. The Hall–Kier alpha value is -2.94. The highest BCUT2D eigenvalue weighted by molar-refractivity contribution is 7.18. The molecular formula is C17H19N7OS. The fraction of sp³-hybridized carbons (Fsp3) is 0.294. The predicted molar refractivity (Wildman–Crippen MR) is 105 cm³/mol. The van der Waals surface area contributed by atoms with Crippen LogP contribution in [0.4, 0.5) is 5.95 Å². The number of hydrogen-bond donors (Lipinski definition) is 1. The van der Waals surface area contributed by atoms with Gasteiger partial charge in [0.1, 0.15) is 11.1 Å². The second kappa shape index (κ2) is 5.53. The van der Waals surface area contributed by atoms with Crippen molar-refractivity contribution in [1.29, 1.82) is 0 Å². The lowest BCUT2D eigenvalue weighted by atomic mass is 10.0. The van der Waals surface area contributed by atoms with Crippen LogP contribution in [0.25, 0.3) is 32.5 Å². The first kappa shape index (κ1) is 16.5. The normalized spacial score (nSPS) is 11.6. The molecule has 0 bridgehead atoms. The Labute approximate surface area is 153 Å². The van der Waals surface area contributed by atoms with Crippen molar-refractivity contribution in [1.82, 2.24) is 24.4 Å². The predicted octanol–water partition coefficient (Wildman–Crippen LogP) is 1.80. The Morgan fingerprint density at radius 2 is 1.92 bits per heavy atom. The molecule has 8 nitrogen and oxygen atoms in total. The van der Waals surface area contributed by atoms with Crippen molar-refractivity contribution in [3.05, 3.63) is 33.1 Å². The molecule has 2 N–H and O–H groups in total. The number of nitrogens with two attached hydrogens (primary N) is 1. The van der Waals surface area contributed by atoms with E-state index in [-0.39, 0.29) is 5.56 Å². The zero-order chi connectivity index (χ0) is 18.7. The maximum absolute atomic E-state index is 13.0. The molecule has 3 aromatic heterocycles. The van der Waals surface area contributed by atoms with Crippen LogP contribution in [0.5, 0.6) is 0 Å². The molecule has 1 aromatic carbocycles. The first-order valence-corrected chi connectivity index (χ1v) is 8.90. The van der Waals surface area contributed by atoms with Gasteiger partial charge in [-0.2, -0.15) is 9.77 Å². The molecule has 9 heteroatoms. The van der Waals surface area contributed by atoms with Gasteiger partial charge in [0.05, 0.1) is 15.2 Å². The van der Waals surface area contributed by atoms with Gasteiger partial charge in [0.2, 0.25) is 5.95 Å². The Balaban J connectivity index is 2.09. The van der Waals surface area contributed by atoms with E-state index in [1.807, 2.05) is 40.1 Å². The lowest BCUT2D eigenvalue weighted by Gasteiger charge is -2.15. The summed E-state index contributed by atoms with van der Waals surface area (Å²) in [5, 5.41) is 5.84. The second-order valence-electron chi connectivity index (χ2n) is 6.48. The van der Waals surface area contributed by atoms with Crippen LogP contribution in [0.2, 0.25) is 0 Å². The van der Waals surface area contributed by atoms with Crippen LogP contribution in [0.1, 0.15) is 10.6 Å². The largest absolute Gasteiger partial charge is 0.348 e. The van der Waals surface area contributed by atoms with Crippen LogP contribution in [0.3, 0.4) is 0 Å². The molecule has 0 aliphatic carbocycles. The lowest BCUT2D eigenvalue weighted by Crippen LogP contribution is -2.27. The van der Waals surface area contributed by atoms with Crippen molar-refractivity contribution in [2.45, 2.75) is 13.8 Å². The third kappa shape index (κ3) is 2.20. The molecule has 0 atom stereocenters. The maximum Gasteiger partial charge on any atom is 0.266 e. The molecule has 0 saturated carbocycles. The molecule has 134 valence electrons. The van der Waals surface area contributed by atoms with Crippen molar-refractivity contribution >= 4 is 38.5 Å². The highest BCUT2D eigenvalue weighted by Gasteiger charge is 2.22. The summed E-state index contributed by atoms with van der Waals surface area (Å²) in [5.41, 5.74) is 3.59. The molecule has 3 heterocycles. The van der Waals surface area contributed by atoms with Gasteiger partial charge in [-0.05, 0) is 25.5 Å². The minimum Gasteiger partial charge on any atom is -0.348 e. The van der Waals surface area contributed by atoms with Gasteiger partial charge in [-0.25, -0.2) is 4.98 Å². The quantitative estimate of drug-likeness (QED) is 0.542. The lowest BCUT2D eigenvalue weighted by molar-refractivity contribution is 0.796. The fourth-order valence-electron chi connectivity index (χ4n) is 3.24. The number of nitrogens with zero attached hydrogens (tertiary/aromatic N) is 6. The molecule has 0 aliphatic rings. The molecular weight excluding hydrogens is 350 g/mol. The standard InChI is InChI=1S/C17H19N7OS/c1-8-10(6-7-11-14(8)26-9(2)19-11)13-12-15(24(18)21-13)20-17(22(3)4)23(5)16(12)25/h6-7H,18H2,1-5H3. The third-order valence-corrected chi connectivity index (χ3v) is 5.58. The average molecular weight is 369 g/mol. The summed E-state index contributed by atoms with van der Waals surface area (Å²) in [6, 6.07) is 3.90. The van der Waals surface area contributed by atoms with Gasteiger partial charge >= 0.3 is 0 Å². The molecule has 0 saturated heterocycles. The highest BCUT2D eigenvalue weighted by Crippen LogP contribution is 2.34. The monoisotopic (exact) mass is 369 g/mol. The maximum atomic E-state index is 13.0.